The molecular weight excluding hydrogens is 402 g/mol. The molecule has 2 aromatic rings. The van der Waals surface area contributed by atoms with E-state index < -0.39 is 11.8 Å². The minimum atomic E-state index is -0.426. The molecular formula is C20H16ClNO5S. The largest absolute Gasteiger partial charge is 0.486 e. The number of hydrogen-bond acceptors (Lipinski definition) is 6. The maximum absolute atomic E-state index is 13.2. The first-order chi connectivity index (χ1) is 13.6. The number of rotatable bonds is 5. The molecule has 28 heavy (non-hydrogen) atoms. The number of imide groups is 1. The van der Waals surface area contributed by atoms with Gasteiger partial charge in [-0.25, -0.2) is 4.90 Å². The first-order valence-corrected chi connectivity index (χ1v) is 9.99. The molecule has 0 saturated carbocycles. The van der Waals surface area contributed by atoms with Gasteiger partial charge in [0, 0.05) is 16.8 Å². The normalized spacial score (nSPS) is 16.1. The van der Waals surface area contributed by atoms with Gasteiger partial charge in [-0.15, -0.1) is 11.8 Å². The van der Waals surface area contributed by atoms with Gasteiger partial charge in [-0.3, -0.25) is 9.59 Å². The minimum Gasteiger partial charge on any atom is -0.486 e. The molecule has 0 unspecified atom stereocenters. The van der Waals surface area contributed by atoms with Gasteiger partial charge in [-0.05, 0) is 29.8 Å². The fourth-order valence-corrected chi connectivity index (χ4v) is 4.05. The lowest BCUT2D eigenvalue weighted by Crippen LogP contribution is -2.31. The lowest BCUT2D eigenvalue weighted by atomic mass is 10.1. The average molecular weight is 418 g/mol. The zero-order valence-corrected chi connectivity index (χ0v) is 16.3. The van der Waals surface area contributed by atoms with E-state index in [1.165, 1.54) is 0 Å². The third-order valence-electron chi connectivity index (χ3n) is 4.30. The van der Waals surface area contributed by atoms with Gasteiger partial charge in [0.25, 0.3) is 11.8 Å². The Bertz CT molecular complexity index is 973. The summed E-state index contributed by atoms with van der Waals surface area (Å²) >= 11 is 7.11. The predicted octanol–water partition coefficient (Wildman–Crippen LogP) is 3.12. The molecule has 2 aliphatic heterocycles. The van der Waals surface area contributed by atoms with Gasteiger partial charge >= 0.3 is 0 Å². The summed E-state index contributed by atoms with van der Waals surface area (Å²) in [7, 11) is 0. The average Bonchev–Trinajstić information content (AvgIpc) is 2.96. The fraction of sp³-hybridized carbons (Fsp3) is 0.200. The fourth-order valence-electron chi connectivity index (χ4n) is 3.07. The molecule has 2 amide bonds. The van der Waals surface area contributed by atoms with Crippen LogP contribution in [0.2, 0.25) is 5.02 Å². The second-order valence-corrected chi connectivity index (χ2v) is 7.60. The van der Waals surface area contributed by atoms with Crippen molar-refractivity contribution in [2.45, 2.75) is 0 Å². The summed E-state index contributed by atoms with van der Waals surface area (Å²) in [5, 5.41) is 9.72. The number of aliphatic hydroxyl groups excluding tert-OH is 1. The highest BCUT2D eigenvalue weighted by Crippen LogP contribution is 2.41. The third-order valence-corrected chi connectivity index (χ3v) is 5.60. The summed E-state index contributed by atoms with van der Waals surface area (Å²) in [6.07, 6.45) is 0. The molecule has 0 fully saturated rings. The number of halogens is 1. The summed E-state index contributed by atoms with van der Waals surface area (Å²) in [6.45, 7) is 0.760. The maximum Gasteiger partial charge on any atom is 0.272 e. The monoisotopic (exact) mass is 417 g/mol. The van der Waals surface area contributed by atoms with Crippen LogP contribution in [0.3, 0.4) is 0 Å². The van der Waals surface area contributed by atoms with E-state index in [0.717, 1.165) is 16.7 Å². The van der Waals surface area contributed by atoms with Crippen LogP contribution in [0.1, 0.15) is 5.56 Å². The molecule has 0 aromatic heterocycles. The summed E-state index contributed by atoms with van der Waals surface area (Å²) in [5.74, 6) is 0.527. The lowest BCUT2D eigenvalue weighted by molar-refractivity contribution is -0.119. The van der Waals surface area contributed by atoms with E-state index in [-0.39, 0.29) is 6.61 Å². The lowest BCUT2D eigenvalue weighted by Gasteiger charge is -2.21. The molecule has 0 bridgehead atoms. The van der Waals surface area contributed by atoms with Crippen LogP contribution >= 0.6 is 23.4 Å². The molecule has 0 saturated heterocycles. The standard InChI is InChI=1S/C20H16ClNO5S/c21-13-3-1-12(2-4-13)17-18(28-10-7-23)20(25)22(19(17)24)14-5-6-15-16(11-14)27-9-8-26-15/h1-6,11,23H,7-10H2. The summed E-state index contributed by atoms with van der Waals surface area (Å²) in [4.78, 5) is 27.7. The van der Waals surface area contributed by atoms with Crippen LogP contribution in [0.15, 0.2) is 47.4 Å². The Morgan fingerprint density at radius 3 is 2.43 bits per heavy atom. The van der Waals surface area contributed by atoms with Crippen LogP contribution in [-0.2, 0) is 9.59 Å². The van der Waals surface area contributed by atoms with Gasteiger partial charge in [-0.2, -0.15) is 0 Å². The van der Waals surface area contributed by atoms with Crippen molar-refractivity contribution in [1.82, 2.24) is 0 Å². The second-order valence-electron chi connectivity index (χ2n) is 6.06. The number of carbonyl (C=O) groups excluding carboxylic acids is 2. The Labute approximate surface area is 170 Å². The number of hydrogen-bond donors (Lipinski definition) is 1. The molecule has 0 radical (unpaired) electrons. The number of thioether (sulfide) groups is 1. The third kappa shape index (κ3) is 3.37. The van der Waals surface area contributed by atoms with E-state index in [9.17, 15) is 14.7 Å². The highest BCUT2D eigenvalue weighted by Gasteiger charge is 2.40. The van der Waals surface area contributed by atoms with Gasteiger partial charge in [0.15, 0.2) is 11.5 Å². The van der Waals surface area contributed by atoms with Crippen molar-refractivity contribution in [3.63, 3.8) is 0 Å². The summed E-state index contributed by atoms with van der Waals surface area (Å²) in [5.41, 5.74) is 1.31. The molecule has 144 valence electrons. The highest BCUT2D eigenvalue weighted by atomic mass is 35.5. The van der Waals surface area contributed by atoms with Crippen LogP contribution in [-0.4, -0.2) is 42.5 Å². The number of fused-ring (bicyclic) bond motifs is 1. The molecule has 6 nitrogen and oxygen atoms in total. The van der Waals surface area contributed by atoms with Gasteiger partial charge < -0.3 is 14.6 Å². The topological polar surface area (TPSA) is 76.1 Å². The quantitative estimate of drug-likeness (QED) is 0.753. The number of carbonyl (C=O) groups is 2. The Balaban J connectivity index is 1.74. The zero-order valence-electron chi connectivity index (χ0n) is 14.7. The van der Waals surface area contributed by atoms with E-state index >= 15 is 0 Å². The van der Waals surface area contributed by atoms with Crippen molar-refractivity contribution in [2.24, 2.45) is 0 Å². The molecule has 2 heterocycles. The van der Waals surface area contributed by atoms with E-state index in [1.54, 1.807) is 42.5 Å². The SMILES string of the molecule is O=C1C(SCCO)=C(c2ccc(Cl)cc2)C(=O)N1c1ccc2c(c1)OCCO2. The molecule has 0 aliphatic carbocycles. The smallest absolute Gasteiger partial charge is 0.272 e. The van der Waals surface area contributed by atoms with E-state index in [0.29, 0.717) is 57.2 Å². The number of ether oxygens (including phenoxy) is 2. The first-order valence-electron chi connectivity index (χ1n) is 8.62. The van der Waals surface area contributed by atoms with Gasteiger partial charge in [0.2, 0.25) is 0 Å². The number of amides is 2. The van der Waals surface area contributed by atoms with Crippen molar-refractivity contribution in [2.75, 3.05) is 30.5 Å². The molecule has 0 atom stereocenters. The molecule has 0 spiro atoms. The van der Waals surface area contributed by atoms with Crippen molar-refractivity contribution in [3.05, 3.63) is 58.0 Å². The zero-order chi connectivity index (χ0) is 19.7. The molecule has 2 aromatic carbocycles. The second kappa shape index (κ2) is 7.87. The van der Waals surface area contributed by atoms with Crippen molar-refractivity contribution in [1.29, 1.82) is 0 Å². The van der Waals surface area contributed by atoms with E-state index in [1.807, 2.05) is 0 Å². The Kier molecular flexibility index (Phi) is 5.30. The van der Waals surface area contributed by atoms with Crippen molar-refractivity contribution >= 4 is 46.4 Å². The maximum atomic E-state index is 13.2. The number of anilines is 1. The van der Waals surface area contributed by atoms with Gasteiger partial charge in [0.05, 0.1) is 22.8 Å². The molecule has 2 aliphatic rings. The highest BCUT2D eigenvalue weighted by molar-refractivity contribution is 8.04. The van der Waals surface area contributed by atoms with Crippen molar-refractivity contribution < 1.29 is 24.2 Å². The van der Waals surface area contributed by atoms with Crippen molar-refractivity contribution in [3.8, 4) is 11.5 Å². The van der Waals surface area contributed by atoms with Crippen LogP contribution in [0.25, 0.3) is 5.57 Å². The predicted molar refractivity (Wildman–Crippen MR) is 108 cm³/mol. The molecule has 4 rings (SSSR count). The Morgan fingerprint density at radius 1 is 1.00 bits per heavy atom. The number of nitrogens with zero attached hydrogens (tertiary/aromatic N) is 1. The van der Waals surface area contributed by atoms with Crippen LogP contribution < -0.4 is 14.4 Å². The minimum absolute atomic E-state index is 0.104. The first kappa shape index (κ1) is 18.9. The number of benzene rings is 2. The van der Waals surface area contributed by atoms with E-state index in [2.05, 4.69) is 0 Å². The van der Waals surface area contributed by atoms with Crippen LogP contribution in [0.5, 0.6) is 11.5 Å². The summed E-state index contributed by atoms with van der Waals surface area (Å²) in [6, 6.07) is 11.7. The van der Waals surface area contributed by atoms with Gasteiger partial charge in [0.1, 0.15) is 13.2 Å². The van der Waals surface area contributed by atoms with E-state index in [4.69, 9.17) is 21.1 Å². The Morgan fingerprint density at radius 2 is 1.71 bits per heavy atom. The van der Waals surface area contributed by atoms with Gasteiger partial charge in [-0.1, -0.05) is 23.7 Å². The number of aliphatic hydroxyl groups is 1. The van der Waals surface area contributed by atoms with Crippen LogP contribution in [0, 0.1) is 0 Å². The molecule has 8 heteroatoms. The van der Waals surface area contributed by atoms with Crippen LogP contribution in [0.4, 0.5) is 5.69 Å². The molecule has 1 N–H and O–H groups in total. The Hall–Kier alpha value is -2.48. The summed E-state index contributed by atoms with van der Waals surface area (Å²) < 4.78 is 11.1.